The summed E-state index contributed by atoms with van der Waals surface area (Å²) in [6.07, 6.45) is 5.29. The summed E-state index contributed by atoms with van der Waals surface area (Å²) in [5, 5.41) is 3.30. The first-order valence-corrected chi connectivity index (χ1v) is 8.09. The van der Waals surface area contributed by atoms with Gasteiger partial charge >= 0.3 is 0 Å². The quantitative estimate of drug-likeness (QED) is 0.883. The van der Waals surface area contributed by atoms with Crippen LogP contribution in [0.5, 0.6) is 0 Å². The maximum absolute atomic E-state index is 14.5. The maximum Gasteiger partial charge on any atom is 0.149 e. The van der Waals surface area contributed by atoms with E-state index in [0.29, 0.717) is 18.2 Å². The predicted molar refractivity (Wildman–Crippen MR) is 81.5 cm³/mol. The van der Waals surface area contributed by atoms with Gasteiger partial charge in [0.05, 0.1) is 0 Å². The van der Waals surface area contributed by atoms with Crippen LogP contribution in [0.15, 0.2) is 12.1 Å². The molecule has 21 heavy (non-hydrogen) atoms. The van der Waals surface area contributed by atoms with Crippen molar-refractivity contribution in [1.82, 2.24) is 5.32 Å². The van der Waals surface area contributed by atoms with Gasteiger partial charge < -0.3 is 10.2 Å². The molecule has 0 radical (unpaired) electrons. The Balaban J connectivity index is 1.84. The predicted octanol–water partition coefficient (Wildman–Crippen LogP) is 3.98. The van der Waals surface area contributed by atoms with E-state index < -0.39 is 11.6 Å². The zero-order chi connectivity index (χ0) is 15.0. The number of benzene rings is 1. The third-order valence-corrected chi connectivity index (χ3v) is 4.76. The first kappa shape index (κ1) is 14.8. The molecule has 1 aliphatic carbocycles. The molecule has 1 aromatic carbocycles. The summed E-state index contributed by atoms with van der Waals surface area (Å²) >= 11 is 0. The van der Waals surface area contributed by atoms with Crippen LogP contribution in [0, 0.1) is 11.6 Å². The van der Waals surface area contributed by atoms with Gasteiger partial charge in [-0.25, -0.2) is 8.78 Å². The van der Waals surface area contributed by atoms with Gasteiger partial charge in [-0.05, 0) is 56.7 Å². The molecule has 1 aromatic rings. The molecule has 0 amide bonds. The summed E-state index contributed by atoms with van der Waals surface area (Å²) in [4.78, 5) is 1.95. The Hall–Kier alpha value is -1.16. The van der Waals surface area contributed by atoms with Crippen molar-refractivity contribution < 1.29 is 8.78 Å². The van der Waals surface area contributed by atoms with Gasteiger partial charge in [0.2, 0.25) is 0 Å². The lowest BCUT2D eigenvalue weighted by Gasteiger charge is -2.31. The third kappa shape index (κ3) is 3.05. The number of nitrogens with zero attached hydrogens (tertiary/aromatic N) is 1. The van der Waals surface area contributed by atoms with Crippen LogP contribution >= 0.6 is 0 Å². The Morgan fingerprint density at radius 3 is 2.38 bits per heavy atom. The van der Waals surface area contributed by atoms with E-state index in [-0.39, 0.29) is 17.8 Å². The van der Waals surface area contributed by atoms with Gasteiger partial charge in [0.15, 0.2) is 0 Å². The molecule has 2 atom stereocenters. The second kappa shape index (κ2) is 5.91. The summed E-state index contributed by atoms with van der Waals surface area (Å²) in [6, 6.07) is 3.98. The van der Waals surface area contributed by atoms with Gasteiger partial charge in [-0.15, -0.1) is 0 Å². The summed E-state index contributed by atoms with van der Waals surface area (Å²) in [5.41, 5.74) is 0.863. The van der Waals surface area contributed by atoms with E-state index in [1.165, 1.54) is 25.0 Å². The van der Waals surface area contributed by atoms with E-state index in [1.54, 1.807) is 0 Å². The Bertz CT molecular complexity index is 491. The molecule has 2 nitrogen and oxygen atoms in total. The molecule has 4 heteroatoms. The SMILES string of the molecule is CCC1CCC(C)N1c1c(F)cc(CNC2CC2)cc1F. The summed E-state index contributed by atoms with van der Waals surface area (Å²) in [5.74, 6) is -0.843. The Morgan fingerprint density at radius 1 is 1.14 bits per heavy atom. The number of anilines is 1. The second-order valence-corrected chi connectivity index (χ2v) is 6.46. The lowest BCUT2D eigenvalue weighted by atomic mass is 10.1. The van der Waals surface area contributed by atoms with E-state index in [9.17, 15) is 8.78 Å². The van der Waals surface area contributed by atoms with Crippen molar-refractivity contribution in [3.8, 4) is 0 Å². The number of nitrogens with one attached hydrogen (secondary N) is 1. The highest BCUT2D eigenvalue weighted by Gasteiger charge is 2.33. The molecular weight excluding hydrogens is 270 g/mol. The molecule has 2 fully saturated rings. The molecule has 0 aromatic heterocycles. The minimum Gasteiger partial charge on any atom is -0.361 e. The number of hydrogen-bond acceptors (Lipinski definition) is 2. The molecule has 116 valence electrons. The zero-order valence-corrected chi connectivity index (χ0v) is 12.8. The molecule has 3 rings (SSSR count). The fraction of sp³-hybridized carbons (Fsp3) is 0.647. The third-order valence-electron chi connectivity index (χ3n) is 4.76. The minimum absolute atomic E-state index is 0.169. The first-order valence-electron chi connectivity index (χ1n) is 8.09. The molecule has 0 spiro atoms. The number of rotatable bonds is 5. The van der Waals surface area contributed by atoms with Crippen LogP contribution in [0.2, 0.25) is 0 Å². The molecule has 1 heterocycles. The normalized spacial score (nSPS) is 25.6. The molecule has 0 bridgehead atoms. The lowest BCUT2D eigenvalue weighted by molar-refractivity contribution is 0.538. The molecule has 2 unspecified atom stereocenters. The van der Waals surface area contributed by atoms with Crippen LogP contribution in [0.4, 0.5) is 14.5 Å². The van der Waals surface area contributed by atoms with Crippen molar-refractivity contribution in [2.45, 2.75) is 70.6 Å². The van der Waals surface area contributed by atoms with Crippen molar-refractivity contribution in [2.75, 3.05) is 4.90 Å². The van der Waals surface area contributed by atoms with Crippen molar-refractivity contribution >= 4 is 5.69 Å². The Kier molecular flexibility index (Phi) is 4.16. The molecule has 1 saturated carbocycles. The standard InChI is InChI=1S/C17H24F2N2/c1-3-14-7-4-11(2)21(14)17-15(18)8-12(9-16(17)19)10-20-13-5-6-13/h8-9,11,13-14,20H,3-7,10H2,1-2H3. The average molecular weight is 294 g/mol. The van der Waals surface area contributed by atoms with E-state index in [0.717, 1.165) is 19.3 Å². The van der Waals surface area contributed by atoms with Crippen LogP contribution in [0.25, 0.3) is 0 Å². The highest BCUT2D eigenvalue weighted by Crippen LogP contribution is 2.36. The van der Waals surface area contributed by atoms with Crippen LogP contribution in [-0.4, -0.2) is 18.1 Å². The minimum atomic E-state index is -0.421. The highest BCUT2D eigenvalue weighted by atomic mass is 19.1. The largest absolute Gasteiger partial charge is 0.361 e. The van der Waals surface area contributed by atoms with Crippen LogP contribution in [0.1, 0.15) is 51.5 Å². The van der Waals surface area contributed by atoms with Gasteiger partial charge in [-0.2, -0.15) is 0 Å². The summed E-state index contributed by atoms with van der Waals surface area (Å²) in [7, 11) is 0. The number of hydrogen-bond donors (Lipinski definition) is 1. The second-order valence-electron chi connectivity index (χ2n) is 6.46. The highest BCUT2D eigenvalue weighted by molar-refractivity contribution is 5.53. The van der Waals surface area contributed by atoms with E-state index >= 15 is 0 Å². The van der Waals surface area contributed by atoms with Gasteiger partial charge in [0.1, 0.15) is 17.3 Å². The molecule has 1 aliphatic heterocycles. The van der Waals surface area contributed by atoms with Gasteiger partial charge in [-0.1, -0.05) is 6.92 Å². The maximum atomic E-state index is 14.5. The number of halogens is 2. The summed E-state index contributed by atoms with van der Waals surface area (Å²) in [6.45, 7) is 4.68. The van der Waals surface area contributed by atoms with Crippen LogP contribution < -0.4 is 10.2 Å². The fourth-order valence-electron chi connectivity index (χ4n) is 3.39. The average Bonchev–Trinajstić information content (AvgIpc) is 3.20. The van der Waals surface area contributed by atoms with Gasteiger partial charge in [0.25, 0.3) is 0 Å². The Morgan fingerprint density at radius 2 is 1.81 bits per heavy atom. The monoisotopic (exact) mass is 294 g/mol. The smallest absolute Gasteiger partial charge is 0.149 e. The first-order chi connectivity index (χ1) is 10.1. The van der Waals surface area contributed by atoms with Crippen molar-refractivity contribution in [1.29, 1.82) is 0 Å². The topological polar surface area (TPSA) is 15.3 Å². The van der Waals surface area contributed by atoms with Crippen LogP contribution in [-0.2, 0) is 6.54 Å². The van der Waals surface area contributed by atoms with E-state index in [1.807, 2.05) is 4.90 Å². The van der Waals surface area contributed by atoms with Crippen molar-refractivity contribution in [3.63, 3.8) is 0 Å². The zero-order valence-electron chi connectivity index (χ0n) is 12.8. The van der Waals surface area contributed by atoms with Crippen LogP contribution in [0.3, 0.4) is 0 Å². The molecule has 1 saturated heterocycles. The fourth-order valence-corrected chi connectivity index (χ4v) is 3.39. The summed E-state index contributed by atoms with van der Waals surface area (Å²) < 4.78 is 29.0. The molecular formula is C17H24F2N2. The molecule has 1 N–H and O–H groups in total. The lowest BCUT2D eigenvalue weighted by Crippen LogP contribution is -2.35. The van der Waals surface area contributed by atoms with E-state index in [2.05, 4.69) is 19.2 Å². The van der Waals surface area contributed by atoms with Crippen molar-refractivity contribution in [3.05, 3.63) is 29.3 Å². The molecule has 2 aliphatic rings. The van der Waals surface area contributed by atoms with Crippen molar-refractivity contribution in [2.24, 2.45) is 0 Å². The van der Waals surface area contributed by atoms with Gasteiger partial charge in [0, 0.05) is 24.7 Å². The van der Waals surface area contributed by atoms with E-state index in [4.69, 9.17) is 0 Å². The van der Waals surface area contributed by atoms with Gasteiger partial charge in [-0.3, -0.25) is 0 Å². The Labute approximate surface area is 125 Å².